The summed E-state index contributed by atoms with van der Waals surface area (Å²) in [4.78, 5) is 14.3. The van der Waals surface area contributed by atoms with Gasteiger partial charge in [-0.25, -0.2) is 0 Å². The Kier molecular flexibility index (Phi) is 2.92. The lowest BCUT2D eigenvalue weighted by molar-refractivity contribution is -0.137. The van der Waals surface area contributed by atoms with Gasteiger partial charge >= 0.3 is 0 Å². The number of ether oxygens (including phenoxy) is 1. The molecular formula is C15H17NO2. The number of benzene rings is 1. The Labute approximate surface area is 107 Å². The van der Waals surface area contributed by atoms with Gasteiger partial charge in [0.1, 0.15) is 0 Å². The van der Waals surface area contributed by atoms with Gasteiger partial charge < -0.3 is 9.64 Å². The van der Waals surface area contributed by atoms with E-state index in [-0.39, 0.29) is 24.1 Å². The summed E-state index contributed by atoms with van der Waals surface area (Å²) in [5.41, 5.74) is 1.06. The van der Waals surface area contributed by atoms with Crippen LogP contribution in [0.15, 0.2) is 43.0 Å². The van der Waals surface area contributed by atoms with E-state index < -0.39 is 0 Å². The Balaban J connectivity index is 1.84. The maximum absolute atomic E-state index is 12.4. The minimum absolute atomic E-state index is 0.0996. The van der Waals surface area contributed by atoms with Crippen LogP contribution in [0, 0.1) is 5.92 Å². The third kappa shape index (κ3) is 1.75. The highest BCUT2D eigenvalue weighted by Gasteiger charge is 2.47. The number of carbonyl (C=O) groups is 1. The molecule has 94 valence electrons. The molecule has 2 saturated heterocycles. The van der Waals surface area contributed by atoms with Crippen molar-refractivity contribution < 1.29 is 9.53 Å². The number of hydrogen-bond donors (Lipinski definition) is 0. The molecule has 0 saturated carbocycles. The maximum atomic E-state index is 12.4. The van der Waals surface area contributed by atoms with Crippen molar-refractivity contribution in [1.82, 2.24) is 4.90 Å². The zero-order valence-electron chi connectivity index (χ0n) is 10.3. The van der Waals surface area contributed by atoms with Gasteiger partial charge in [-0.15, -0.1) is 6.58 Å². The Morgan fingerprint density at radius 3 is 2.89 bits per heavy atom. The van der Waals surface area contributed by atoms with Gasteiger partial charge in [-0.3, -0.25) is 4.79 Å². The molecule has 3 heteroatoms. The minimum Gasteiger partial charge on any atom is -0.352 e. The summed E-state index contributed by atoms with van der Waals surface area (Å²) >= 11 is 0. The molecular weight excluding hydrogens is 226 g/mol. The van der Waals surface area contributed by atoms with Crippen molar-refractivity contribution >= 4 is 5.91 Å². The number of carbonyl (C=O) groups excluding carboxylic acids is 1. The first kappa shape index (κ1) is 11.5. The molecule has 1 aromatic rings. The topological polar surface area (TPSA) is 29.5 Å². The molecule has 2 fully saturated rings. The van der Waals surface area contributed by atoms with Gasteiger partial charge in [-0.1, -0.05) is 36.4 Å². The molecule has 3 nitrogen and oxygen atoms in total. The SMILES string of the molecule is C=CC[C@@H]1C[C@H]2CO[C@H](c3ccccc3)N2C1=O. The zero-order chi connectivity index (χ0) is 12.5. The Morgan fingerprint density at radius 1 is 1.39 bits per heavy atom. The maximum Gasteiger partial charge on any atom is 0.228 e. The molecule has 18 heavy (non-hydrogen) atoms. The predicted octanol–water partition coefficient (Wildman–Crippen LogP) is 2.51. The van der Waals surface area contributed by atoms with Crippen LogP contribution < -0.4 is 0 Å². The molecule has 3 rings (SSSR count). The smallest absolute Gasteiger partial charge is 0.228 e. The summed E-state index contributed by atoms with van der Waals surface area (Å²) < 4.78 is 5.78. The summed E-state index contributed by atoms with van der Waals surface area (Å²) in [5, 5.41) is 0. The van der Waals surface area contributed by atoms with Crippen molar-refractivity contribution in [2.75, 3.05) is 6.61 Å². The Bertz CT molecular complexity index is 457. The van der Waals surface area contributed by atoms with Crippen LogP contribution in [0.2, 0.25) is 0 Å². The summed E-state index contributed by atoms with van der Waals surface area (Å²) in [6.45, 7) is 4.38. The molecule has 0 aromatic heterocycles. The molecule has 0 bridgehead atoms. The number of allylic oxidation sites excluding steroid dienone is 1. The second kappa shape index (κ2) is 4.58. The van der Waals surface area contributed by atoms with Crippen LogP contribution in [0.3, 0.4) is 0 Å². The first-order chi connectivity index (χ1) is 8.81. The normalized spacial score (nSPS) is 30.6. The van der Waals surface area contributed by atoms with Crippen molar-refractivity contribution in [1.29, 1.82) is 0 Å². The first-order valence-corrected chi connectivity index (χ1v) is 6.41. The Morgan fingerprint density at radius 2 is 2.17 bits per heavy atom. The molecule has 1 aromatic carbocycles. The van der Waals surface area contributed by atoms with Gasteiger partial charge in [-0.05, 0) is 12.8 Å². The summed E-state index contributed by atoms with van der Waals surface area (Å²) in [6.07, 6.45) is 3.31. The molecule has 0 spiro atoms. The molecule has 2 aliphatic heterocycles. The third-order valence-corrected chi connectivity index (χ3v) is 3.79. The van der Waals surface area contributed by atoms with E-state index in [0.29, 0.717) is 6.61 Å². The number of fused-ring (bicyclic) bond motifs is 1. The lowest BCUT2D eigenvalue weighted by Crippen LogP contribution is -2.32. The van der Waals surface area contributed by atoms with E-state index in [1.165, 1.54) is 0 Å². The average Bonchev–Trinajstić information content (AvgIpc) is 2.93. The monoisotopic (exact) mass is 243 g/mol. The summed E-state index contributed by atoms with van der Waals surface area (Å²) in [5.74, 6) is 0.314. The lowest BCUT2D eigenvalue weighted by atomic mass is 10.0. The molecule has 0 unspecified atom stereocenters. The van der Waals surface area contributed by atoms with Crippen LogP contribution in [-0.2, 0) is 9.53 Å². The number of nitrogens with zero attached hydrogens (tertiary/aromatic N) is 1. The van der Waals surface area contributed by atoms with E-state index >= 15 is 0 Å². The molecule has 0 N–H and O–H groups in total. The molecule has 2 heterocycles. The number of amides is 1. The van der Waals surface area contributed by atoms with E-state index in [4.69, 9.17) is 4.74 Å². The molecule has 2 aliphatic rings. The van der Waals surface area contributed by atoms with Crippen molar-refractivity contribution in [3.8, 4) is 0 Å². The Hall–Kier alpha value is -1.61. The van der Waals surface area contributed by atoms with Crippen molar-refractivity contribution in [3.63, 3.8) is 0 Å². The van der Waals surface area contributed by atoms with Gasteiger partial charge in [0.05, 0.1) is 12.6 Å². The van der Waals surface area contributed by atoms with Gasteiger partial charge in [0.2, 0.25) is 5.91 Å². The fourth-order valence-electron chi connectivity index (χ4n) is 2.94. The fourth-order valence-corrected chi connectivity index (χ4v) is 2.94. The standard InChI is InChI=1S/C15H17NO2/c1-2-6-12-9-13-10-18-15(16(13)14(12)17)11-7-4-3-5-8-11/h2-5,7-8,12-13,15H,1,6,9-10H2/t12-,13+,15-/m1/s1. The second-order valence-corrected chi connectivity index (χ2v) is 4.95. The quantitative estimate of drug-likeness (QED) is 0.763. The highest BCUT2D eigenvalue weighted by Crippen LogP contribution is 2.40. The first-order valence-electron chi connectivity index (χ1n) is 6.41. The van der Waals surface area contributed by atoms with E-state index in [0.717, 1.165) is 18.4 Å². The van der Waals surface area contributed by atoms with Gasteiger partial charge in [0.25, 0.3) is 0 Å². The summed E-state index contributed by atoms with van der Waals surface area (Å²) in [7, 11) is 0. The van der Waals surface area contributed by atoms with Crippen LogP contribution >= 0.6 is 0 Å². The third-order valence-electron chi connectivity index (χ3n) is 3.79. The molecule has 1 amide bonds. The predicted molar refractivity (Wildman–Crippen MR) is 68.7 cm³/mol. The van der Waals surface area contributed by atoms with E-state index in [2.05, 4.69) is 6.58 Å². The van der Waals surface area contributed by atoms with Gasteiger partial charge in [-0.2, -0.15) is 0 Å². The molecule has 0 aliphatic carbocycles. The average molecular weight is 243 g/mol. The van der Waals surface area contributed by atoms with E-state index in [1.807, 2.05) is 41.3 Å². The largest absolute Gasteiger partial charge is 0.352 e. The van der Waals surface area contributed by atoms with Crippen LogP contribution in [0.25, 0.3) is 0 Å². The summed E-state index contributed by atoms with van der Waals surface area (Å²) in [6, 6.07) is 10.2. The van der Waals surface area contributed by atoms with E-state index in [9.17, 15) is 4.79 Å². The van der Waals surface area contributed by atoms with Crippen LogP contribution in [-0.4, -0.2) is 23.5 Å². The van der Waals surface area contributed by atoms with E-state index in [1.54, 1.807) is 0 Å². The van der Waals surface area contributed by atoms with Crippen LogP contribution in [0.1, 0.15) is 24.6 Å². The van der Waals surface area contributed by atoms with Gasteiger partial charge in [0.15, 0.2) is 6.23 Å². The van der Waals surface area contributed by atoms with Gasteiger partial charge in [0, 0.05) is 11.5 Å². The second-order valence-electron chi connectivity index (χ2n) is 4.95. The fraction of sp³-hybridized carbons (Fsp3) is 0.400. The minimum atomic E-state index is -0.196. The zero-order valence-corrected chi connectivity index (χ0v) is 10.3. The molecule has 3 atom stereocenters. The molecule has 0 radical (unpaired) electrons. The highest BCUT2D eigenvalue weighted by molar-refractivity contribution is 5.82. The van der Waals surface area contributed by atoms with Crippen molar-refractivity contribution in [2.45, 2.75) is 25.1 Å². The van der Waals surface area contributed by atoms with Crippen molar-refractivity contribution in [2.24, 2.45) is 5.92 Å². The lowest BCUT2D eigenvalue weighted by Gasteiger charge is -2.23. The number of hydrogen-bond acceptors (Lipinski definition) is 2. The highest BCUT2D eigenvalue weighted by atomic mass is 16.5. The number of rotatable bonds is 3. The van der Waals surface area contributed by atoms with Crippen LogP contribution in [0.5, 0.6) is 0 Å². The van der Waals surface area contributed by atoms with Crippen LogP contribution in [0.4, 0.5) is 0 Å². The van der Waals surface area contributed by atoms with Crippen molar-refractivity contribution in [3.05, 3.63) is 48.6 Å².